The van der Waals surface area contributed by atoms with Crippen molar-refractivity contribution < 1.29 is 9.59 Å². The molecule has 1 N–H and O–H groups in total. The molecular formula is C19H14ClN5O2S. The molecule has 2 atom stereocenters. The lowest BCUT2D eigenvalue weighted by Gasteiger charge is -2.33. The molecule has 0 spiro atoms. The van der Waals surface area contributed by atoms with E-state index in [1.165, 1.54) is 18.0 Å². The lowest BCUT2D eigenvalue weighted by atomic mass is 10.1. The van der Waals surface area contributed by atoms with Crippen molar-refractivity contribution >= 4 is 56.8 Å². The molecule has 1 aromatic carbocycles. The molecule has 0 radical (unpaired) electrons. The lowest BCUT2D eigenvalue weighted by molar-refractivity contribution is -0.118. The third-order valence-corrected chi connectivity index (χ3v) is 6.59. The molecule has 2 unspecified atom stereocenters. The molecular weight excluding hydrogens is 398 g/mol. The van der Waals surface area contributed by atoms with Crippen molar-refractivity contribution in [3.05, 3.63) is 59.5 Å². The Balaban J connectivity index is 1.52. The van der Waals surface area contributed by atoms with E-state index in [4.69, 9.17) is 11.6 Å². The number of aromatic nitrogens is 3. The second-order valence-electron chi connectivity index (χ2n) is 6.56. The van der Waals surface area contributed by atoms with E-state index < -0.39 is 11.3 Å². The van der Waals surface area contributed by atoms with Crippen LogP contribution in [0.25, 0.3) is 15.8 Å². The SMILES string of the molecule is Cn1ncc2c(N3C(=O)NC4C=C(c5ccccc5Cl)SC4C3=O)cncc21. The number of amides is 3. The summed E-state index contributed by atoms with van der Waals surface area (Å²) in [5.41, 5.74) is 2.03. The number of carbonyl (C=O) groups excluding carboxylic acids is 2. The number of imide groups is 1. The average molecular weight is 412 g/mol. The number of pyridine rings is 1. The molecule has 3 amide bonds. The van der Waals surface area contributed by atoms with Crippen molar-refractivity contribution in [2.75, 3.05) is 4.90 Å². The largest absolute Gasteiger partial charge is 0.329 e. The number of benzene rings is 1. The lowest BCUT2D eigenvalue weighted by Crippen LogP contribution is -2.60. The van der Waals surface area contributed by atoms with Gasteiger partial charge in [0.15, 0.2) is 0 Å². The van der Waals surface area contributed by atoms with Gasteiger partial charge in [-0.05, 0) is 12.1 Å². The predicted octanol–water partition coefficient (Wildman–Crippen LogP) is 3.20. The van der Waals surface area contributed by atoms with Gasteiger partial charge in [-0.15, -0.1) is 11.8 Å². The van der Waals surface area contributed by atoms with E-state index in [2.05, 4.69) is 15.4 Å². The third kappa shape index (κ3) is 2.52. The van der Waals surface area contributed by atoms with Gasteiger partial charge in [0.25, 0.3) is 5.91 Å². The Bertz CT molecular complexity index is 1170. The van der Waals surface area contributed by atoms with Gasteiger partial charge in [-0.3, -0.25) is 14.5 Å². The summed E-state index contributed by atoms with van der Waals surface area (Å²) in [6.07, 6.45) is 6.70. The minimum Gasteiger partial charge on any atom is -0.329 e. The van der Waals surface area contributed by atoms with E-state index in [1.807, 2.05) is 30.3 Å². The number of nitrogens with zero attached hydrogens (tertiary/aromatic N) is 4. The van der Waals surface area contributed by atoms with E-state index >= 15 is 0 Å². The Morgan fingerprint density at radius 2 is 2.00 bits per heavy atom. The van der Waals surface area contributed by atoms with Gasteiger partial charge in [0.2, 0.25) is 0 Å². The quantitative estimate of drug-likeness (QED) is 0.700. The number of hydrogen-bond donors (Lipinski definition) is 1. The van der Waals surface area contributed by atoms with Gasteiger partial charge in [0, 0.05) is 27.9 Å². The fraction of sp³-hybridized carbons (Fsp3) is 0.158. The highest BCUT2D eigenvalue weighted by Crippen LogP contribution is 2.44. The molecule has 9 heteroatoms. The third-order valence-electron chi connectivity index (χ3n) is 4.90. The van der Waals surface area contributed by atoms with E-state index in [0.717, 1.165) is 20.9 Å². The number of aryl methyl sites for hydroxylation is 1. The van der Waals surface area contributed by atoms with Crippen LogP contribution >= 0.6 is 23.4 Å². The molecule has 2 aliphatic heterocycles. The summed E-state index contributed by atoms with van der Waals surface area (Å²) in [5, 5.41) is 7.97. The van der Waals surface area contributed by atoms with Crippen LogP contribution in [0, 0.1) is 0 Å². The summed E-state index contributed by atoms with van der Waals surface area (Å²) in [7, 11) is 1.79. The first-order valence-corrected chi connectivity index (χ1v) is 9.84. The standard InChI is InChI=1S/C19H14ClN5O2S/c1-24-14-8-21-9-15(11(14)7-22-24)25-18(26)17-13(23-19(25)27)6-16(28-17)10-4-2-3-5-12(10)20/h2-9,13,17H,1H3,(H,23,27). The van der Waals surface area contributed by atoms with Crippen LogP contribution in [0.5, 0.6) is 0 Å². The minimum atomic E-state index is -0.471. The van der Waals surface area contributed by atoms with E-state index in [0.29, 0.717) is 16.1 Å². The van der Waals surface area contributed by atoms with E-state index in [-0.39, 0.29) is 11.9 Å². The van der Waals surface area contributed by atoms with Crippen molar-refractivity contribution in [3.8, 4) is 0 Å². The molecule has 140 valence electrons. The highest BCUT2D eigenvalue weighted by Gasteiger charge is 2.45. The summed E-state index contributed by atoms with van der Waals surface area (Å²) in [5.74, 6) is -0.282. The zero-order valence-electron chi connectivity index (χ0n) is 14.7. The maximum absolute atomic E-state index is 13.3. The zero-order chi connectivity index (χ0) is 19.4. The Morgan fingerprint density at radius 3 is 2.82 bits per heavy atom. The van der Waals surface area contributed by atoms with Crippen LogP contribution in [-0.2, 0) is 11.8 Å². The number of hydrogen-bond acceptors (Lipinski definition) is 5. The Morgan fingerprint density at radius 1 is 1.18 bits per heavy atom. The van der Waals surface area contributed by atoms with E-state index in [9.17, 15) is 9.59 Å². The monoisotopic (exact) mass is 411 g/mol. The van der Waals surface area contributed by atoms with Gasteiger partial charge in [-0.2, -0.15) is 5.10 Å². The number of rotatable bonds is 2. The number of halogens is 1. The van der Waals surface area contributed by atoms with Crippen molar-refractivity contribution in [2.24, 2.45) is 7.05 Å². The van der Waals surface area contributed by atoms with E-state index in [1.54, 1.807) is 24.1 Å². The first-order chi connectivity index (χ1) is 13.5. The van der Waals surface area contributed by atoms with Crippen LogP contribution in [0.15, 0.2) is 48.9 Å². The highest BCUT2D eigenvalue weighted by molar-refractivity contribution is 8.09. The number of thioether (sulfide) groups is 1. The predicted molar refractivity (Wildman–Crippen MR) is 109 cm³/mol. The van der Waals surface area contributed by atoms with Crippen molar-refractivity contribution in [2.45, 2.75) is 11.3 Å². The average Bonchev–Trinajstić information content (AvgIpc) is 3.27. The zero-order valence-corrected chi connectivity index (χ0v) is 16.2. The number of carbonyl (C=O) groups is 2. The van der Waals surface area contributed by atoms with Crippen molar-refractivity contribution in [3.63, 3.8) is 0 Å². The molecule has 3 aromatic rings. The first kappa shape index (κ1) is 17.3. The van der Waals surface area contributed by atoms with Crippen molar-refractivity contribution in [1.29, 1.82) is 0 Å². The molecule has 1 fully saturated rings. The number of fused-ring (bicyclic) bond motifs is 2. The Labute approximate surface area is 169 Å². The number of nitrogens with one attached hydrogen (secondary N) is 1. The summed E-state index contributed by atoms with van der Waals surface area (Å²) in [4.78, 5) is 32.3. The summed E-state index contributed by atoms with van der Waals surface area (Å²) < 4.78 is 1.66. The number of anilines is 1. The van der Waals surface area contributed by atoms with Crippen molar-refractivity contribution in [1.82, 2.24) is 20.1 Å². The van der Waals surface area contributed by atoms with Crippen LogP contribution < -0.4 is 10.2 Å². The molecule has 0 aliphatic carbocycles. The number of urea groups is 1. The summed E-state index contributed by atoms with van der Waals surface area (Å²) in [6.45, 7) is 0. The molecule has 2 aromatic heterocycles. The fourth-order valence-corrected chi connectivity index (χ4v) is 5.12. The molecule has 7 nitrogen and oxygen atoms in total. The van der Waals surface area contributed by atoms with Crippen LogP contribution in [-0.4, -0.2) is 38.0 Å². The fourth-order valence-electron chi connectivity index (χ4n) is 3.52. The second-order valence-corrected chi connectivity index (χ2v) is 8.15. The van der Waals surface area contributed by atoms with Gasteiger partial charge in [0.05, 0.1) is 35.8 Å². The molecule has 0 saturated carbocycles. The minimum absolute atomic E-state index is 0.282. The summed E-state index contributed by atoms with van der Waals surface area (Å²) >= 11 is 7.72. The van der Waals surface area contributed by atoms with Crippen LogP contribution in [0.3, 0.4) is 0 Å². The molecule has 1 saturated heterocycles. The molecule has 5 rings (SSSR count). The van der Waals surface area contributed by atoms with Gasteiger partial charge in [-0.1, -0.05) is 29.8 Å². The molecule has 4 heterocycles. The first-order valence-electron chi connectivity index (χ1n) is 8.58. The molecule has 2 aliphatic rings. The van der Waals surface area contributed by atoms with Gasteiger partial charge < -0.3 is 5.32 Å². The maximum atomic E-state index is 13.3. The second kappa shape index (κ2) is 6.35. The molecule has 0 bridgehead atoms. The topological polar surface area (TPSA) is 80.1 Å². The smallest absolute Gasteiger partial charge is 0.329 e. The Kier molecular flexibility index (Phi) is 3.92. The Hall–Kier alpha value is -2.84. The normalized spacial score (nSPS) is 21.6. The maximum Gasteiger partial charge on any atom is 0.329 e. The van der Waals surface area contributed by atoms with Crippen LogP contribution in [0.4, 0.5) is 10.5 Å². The van der Waals surface area contributed by atoms with Gasteiger partial charge in [-0.25, -0.2) is 9.69 Å². The molecule has 28 heavy (non-hydrogen) atoms. The highest BCUT2D eigenvalue weighted by atomic mass is 35.5. The summed E-state index contributed by atoms with van der Waals surface area (Å²) in [6, 6.07) is 6.61. The van der Waals surface area contributed by atoms with Gasteiger partial charge >= 0.3 is 6.03 Å². The van der Waals surface area contributed by atoms with Crippen LogP contribution in [0.1, 0.15) is 5.56 Å². The van der Waals surface area contributed by atoms with Gasteiger partial charge in [0.1, 0.15) is 5.25 Å². The van der Waals surface area contributed by atoms with Crippen LogP contribution in [0.2, 0.25) is 5.02 Å².